The summed E-state index contributed by atoms with van der Waals surface area (Å²) >= 11 is 2.01. The third-order valence-electron chi connectivity index (χ3n) is 4.51. The van der Waals surface area contributed by atoms with Crippen molar-refractivity contribution in [2.24, 2.45) is 11.1 Å². The number of hydrogen-bond donors (Lipinski definition) is 1. The molecule has 0 amide bonds. The van der Waals surface area contributed by atoms with Crippen LogP contribution in [0.15, 0.2) is 35.2 Å². The summed E-state index contributed by atoms with van der Waals surface area (Å²) in [5, 5.41) is 0. The van der Waals surface area contributed by atoms with Crippen molar-refractivity contribution < 1.29 is 0 Å². The fourth-order valence-corrected chi connectivity index (χ4v) is 5.42. The molecule has 1 aromatic carbocycles. The van der Waals surface area contributed by atoms with Crippen LogP contribution in [-0.2, 0) is 0 Å². The van der Waals surface area contributed by atoms with E-state index in [4.69, 9.17) is 5.73 Å². The maximum atomic E-state index is 6.05. The SMILES string of the molecule is NCC1(Sc2ccccc2)CC2(CCCC2)C1. The van der Waals surface area contributed by atoms with E-state index in [1.807, 2.05) is 11.8 Å². The Bertz CT molecular complexity index is 373. The molecule has 0 bridgehead atoms. The van der Waals surface area contributed by atoms with Crippen molar-refractivity contribution in [3.8, 4) is 0 Å². The van der Waals surface area contributed by atoms with E-state index in [-0.39, 0.29) is 0 Å². The van der Waals surface area contributed by atoms with Crippen molar-refractivity contribution in [2.75, 3.05) is 6.54 Å². The Labute approximate surface area is 108 Å². The highest BCUT2D eigenvalue weighted by atomic mass is 32.2. The zero-order valence-electron chi connectivity index (χ0n) is 10.3. The lowest BCUT2D eigenvalue weighted by atomic mass is 9.60. The number of hydrogen-bond acceptors (Lipinski definition) is 2. The summed E-state index contributed by atoms with van der Waals surface area (Å²) in [4.78, 5) is 1.38. The predicted molar refractivity (Wildman–Crippen MR) is 74.2 cm³/mol. The van der Waals surface area contributed by atoms with Gasteiger partial charge in [0.15, 0.2) is 0 Å². The Morgan fingerprint density at radius 2 is 1.71 bits per heavy atom. The van der Waals surface area contributed by atoms with Gasteiger partial charge in [-0.1, -0.05) is 31.0 Å². The average Bonchev–Trinajstić information content (AvgIpc) is 2.78. The molecule has 0 aromatic heterocycles. The highest BCUT2D eigenvalue weighted by Gasteiger charge is 2.54. The van der Waals surface area contributed by atoms with Crippen molar-refractivity contribution >= 4 is 11.8 Å². The molecule has 0 heterocycles. The fourth-order valence-electron chi connectivity index (χ4n) is 3.79. The molecule has 0 unspecified atom stereocenters. The van der Waals surface area contributed by atoms with E-state index in [1.165, 1.54) is 43.4 Å². The second-order valence-electron chi connectivity index (χ2n) is 5.86. The third-order valence-corrected chi connectivity index (χ3v) is 5.90. The van der Waals surface area contributed by atoms with Gasteiger partial charge >= 0.3 is 0 Å². The largest absolute Gasteiger partial charge is 0.329 e. The molecule has 2 saturated carbocycles. The zero-order chi connectivity index (χ0) is 11.8. The van der Waals surface area contributed by atoms with Crippen LogP contribution in [0.1, 0.15) is 38.5 Å². The summed E-state index contributed by atoms with van der Waals surface area (Å²) in [5.41, 5.74) is 6.73. The highest BCUT2D eigenvalue weighted by Crippen LogP contribution is 2.63. The second kappa shape index (κ2) is 4.33. The summed E-state index contributed by atoms with van der Waals surface area (Å²) in [5.74, 6) is 0. The van der Waals surface area contributed by atoms with E-state index in [9.17, 15) is 0 Å². The van der Waals surface area contributed by atoms with E-state index < -0.39 is 0 Å². The van der Waals surface area contributed by atoms with Gasteiger partial charge in [0.25, 0.3) is 0 Å². The van der Waals surface area contributed by atoms with Crippen LogP contribution in [0.25, 0.3) is 0 Å². The maximum absolute atomic E-state index is 6.05. The van der Waals surface area contributed by atoms with Crippen LogP contribution in [0, 0.1) is 5.41 Å². The minimum atomic E-state index is 0.339. The monoisotopic (exact) mass is 247 g/mol. The van der Waals surface area contributed by atoms with Crippen molar-refractivity contribution in [2.45, 2.75) is 48.2 Å². The van der Waals surface area contributed by atoms with E-state index >= 15 is 0 Å². The molecule has 0 atom stereocenters. The quantitative estimate of drug-likeness (QED) is 0.878. The summed E-state index contributed by atoms with van der Waals surface area (Å²) in [7, 11) is 0. The molecule has 0 aliphatic heterocycles. The van der Waals surface area contributed by atoms with Gasteiger partial charge in [-0.25, -0.2) is 0 Å². The summed E-state index contributed by atoms with van der Waals surface area (Å²) in [6.07, 6.45) is 8.47. The minimum Gasteiger partial charge on any atom is -0.329 e. The smallest absolute Gasteiger partial charge is 0.0339 e. The van der Waals surface area contributed by atoms with E-state index in [0.29, 0.717) is 10.2 Å². The van der Waals surface area contributed by atoms with Gasteiger partial charge in [0.05, 0.1) is 0 Å². The third kappa shape index (κ3) is 2.13. The highest BCUT2D eigenvalue weighted by molar-refractivity contribution is 8.00. The molecule has 2 aliphatic carbocycles. The van der Waals surface area contributed by atoms with Gasteiger partial charge in [-0.2, -0.15) is 0 Å². The molecule has 2 N–H and O–H groups in total. The summed E-state index contributed by atoms with van der Waals surface area (Å²) in [6.45, 7) is 0.828. The molecule has 92 valence electrons. The van der Waals surface area contributed by atoms with Gasteiger partial charge in [-0.05, 0) is 43.2 Å². The van der Waals surface area contributed by atoms with Gasteiger partial charge in [0.1, 0.15) is 0 Å². The summed E-state index contributed by atoms with van der Waals surface area (Å²) in [6, 6.07) is 10.7. The van der Waals surface area contributed by atoms with Gasteiger partial charge < -0.3 is 5.73 Å². The predicted octanol–water partition coefficient (Wildman–Crippen LogP) is 3.83. The van der Waals surface area contributed by atoms with Crippen molar-refractivity contribution in [3.05, 3.63) is 30.3 Å². The molecule has 1 nitrogen and oxygen atoms in total. The van der Waals surface area contributed by atoms with Crippen molar-refractivity contribution in [1.82, 2.24) is 0 Å². The molecule has 1 spiro atoms. The number of benzene rings is 1. The lowest BCUT2D eigenvalue weighted by molar-refractivity contribution is 0.0935. The average molecular weight is 247 g/mol. The van der Waals surface area contributed by atoms with E-state index in [2.05, 4.69) is 30.3 Å². The van der Waals surface area contributed by atoms with Crippen LogP contribution in [0.4, 0.5) is 0 Å². The van der Waals surface area contributed by atoms with Crippen LogP contribution in [0.5, 0.6) is 0 Å². The molecule has 2 heteroatoms. The molecule has 0 saturated heterocycles. The number of thioether (sulfide) groups is 1. The molecule has 2 aliphatic rings. The Morgan fingerprint density at radius 3 is 2.29 bits per heavy atom. The van der Waals surface area contributed by atoms with Crippen molar-refractivity contribution in [3.63, 3.8) is 0 Å². The molecule has 1 aromatic rings. The Balaban J connectivity index is 1.69. The molecular formula is C15H21NS. The van der Waals surface area contributed by atoms with Gasteiger partial charge in [0, 0.05) is 16.2 Å². The number of nitrogens with two attached hydrogens (primary N) is 1. The fraction of sp³-hybridized carbons (Fsp3) is 0.600. The second-order valence-corrected chi connectivity index (χ2v) is 7.40. The standard InChI is InChI=1S/C15H21NS/c16-12-15(17-13-6-2-1-3-7-13)10-14(11-15)8-4-5-9-14/h1-3,6-7H,4-5,8-12,16H2. The van der Waals surface area contributed by atoms with Crippen molar-refractivity contribution in [1.29, 1.82) is 0 Å². The molecular weight excluding hydrogens is 226 g/mol. The topological polar surface area (TPSA) is 26.0 Å². The van der Waals surface area contributed by atoms with Gasteiger partial charge in [-0.15, -0.1) is 11.8 Å². The Hall–Kier alpha value is -0.470. The normalized spacial score (nSPS) is 24.8. The maximum Gasteiger partial charge on any atom is 0.0339 e. The van der Waals surface area contributed by atoms with Crippen LogP contribution in [0.2, 0.25) is 0 Å². The molecule has 0 radical (unpaired) electrons. The minimum absolute atomic E-state index is 0.339. The van der Waals surface area contributed by atoms with Crippen LogP contribution in [-0.4, -0.2) is 11.3 Å². The summed E-state index contributed by atoms with van der Waals surface area (Å²) < 4.78 is 0.339. The van der Waals surface area contributed by atoms with Gasteiger partial charge in [-0.3, -0.25) is 0 Å². The van der Waals surface area contributed by atoms with Crippen LogP contribution >= 0.6 is 11.8 Å². The first-order valence-corrected chi connectivity index (χ1v) is 7.52. The number of rotatable bonds is 3. The van der Waals surface area contributed by atoms with E-state index in [1.54, 1.807) is 0 Å². The first kappa shape index (κ1) is 11.6. The molecule has 2 fully saturated rings. The molecule has 3 rings (SSSR count). The first-order chi connectivity index (χ1) is 8.26. The lowest BCUT2D eigenvalue weighted by Crippen LogP contribution is -2.52. The Morgan fingerprint density at radius 1 is 1.06 bits per heavy atom. The van der Waals surface area contributed by atoms with Gasteiger partial charge in [0.2, 0.25) is 0 Å². The van der Waals surface area contributed by atoms with Crippen LogP contribution < -0.4 is 5.73 Å². The van der Waals surface area contributed by atoms with Crippen LogP contribution in [0.3, 0.4) is 0 Å². The first-order valence-electron chi connectivity index (χ1n) is 6.70. The Kier molecular flexibility index (Phi) is 2.95. The van der Waals surface area contributed by atoms with E-state index in [0.717, 1.165) is 6.54 Å². The molecule has 17 heavy (non-hydrogen) atoms. The zero-order valence-corrected chi connectivity index (χ0v) is 11.1. The lowest BCUT2D eigenvalue weighted by Gasteiger charge is -2.54.